The molecule has 2 N–H and O–H groups in total. The summed E-state index contributed by atoms with van der Waals surface area (Å²) in [5, 5.41) is 11.3. The van der Waals surface area contributed by atoms with Crippen molar-refractivity contribution in [2.75, 3.05) is 13.6 Å². The largest absolute Gasteiger partial charge is 0.378 e. The van der Waals surface area contributed by atoms with Crippen molar-refractivity contribution < 1.29 is 4.92 Å². The molecule has 116 valence electrons. The first-order chi connectivity index (χ1) is 10.6. The smallest absolute Gasteiger partial charge is 0.334 e. The number of aliphatic imine (C=N–C) groups is 1. The van der Waals surface area contributed by atoms with E-state index in [1.165, 1.54) is 0 Å². The van der Waals surface area contributed by atoms with E-state index in [1.807, 2.05) is 10.8 Å². The number of likely N-dealkylation sites (N-methyl/N-ethyl adjacent to an activating group) is 1. The molecule has 0 fully saturated rings. The number of imidazole rings is 1. The van der Waals surface area contributed by atoms with E-state index in [0.717, 1.165) is 13.0 Å². The molecule has 2 rings (SSSR count). The Balaban J connectivity index is 2.06. The topological polar surface area (TPSA) is 103 Å². The van der Waals surface area contributed by atoms with E-state index in [2.05, 4.69) is 9.98 Å². The highest BCUT2D eigenvalue weighted by Crippen LogP contribution is 2.15. The quantitative estimate of drug-likeness (QED) is 0.279. The van der Waals surface area contributed by atoms with Crippen LogP contribution in [0.25, 0.3) is 0 Å². The summed E-state index contributed by atoms with van der Waals surface area (Å²) in [7, 11) is 1.73. The first kappa shape index (κ1) is 15.5. The molecule has 8 heteroatoms. The van der Waals surface area contributed by atoms with Crippen molar-refractivity contribution in [3.05, 3.63) is 64.7 Å². The van der Waals surface area contributed by atoms with Crippen molar-refractivity contribution in [3.63, 3.8) is 0 Å². The van der Waals surface area contributed by atoms with Crippen LogP contribution in [-0.4, -0.2) is 38.8 Å². The second-order valence-corrected chi connectivity index (χ2v) is 4.72. The van der Waals surface area contributed by atoms with Gasteiger partial charge in [0, 0.05) is 38.7 Å². The minimum absolute atomic E-state index is 0.0579. The van der Waals surface area contributed by atoms with Crippen LogP contribution < -0.4 is 5.73 Å². The highest BCUT2D eigenvalue weighted by atomic mass is 16.6. The number of aromatic nitrogens is 2. The first-order valence-electron chi connectivity index (χ1n) is 6.82. The molecule has 0 unspecified atom stereocenters. The van der Waals surface area contributed by atoms with Gasteiger partial charge in [-0.3, -0.25) is 15.1 Å². The number of rotatable bonds is 6. The molecular weight excluding hydrogens is 284 g/mol. The van der Waals surface area contributed by atoms with Crippen molar-refractivity contribution in [3.8, 4) is 0 Å². The SMILES string of the molecule is CN1C=CC=C/C1=C(/C(N)=NCCCn1ccnc1)[N+](=O)[O-]. The third kappa shape index (κ3) is 3.81. The Bertz CT molecular complexity index is 642. The van der Waals surface area contributed by atoms with Crippen LogP contribution >= 0.6 is 0 Å². The zero-order valence-electron chi connectivity index (χ0n) is 12.3. The molecule has 1 aliphatic rings. The van der Waals surface area contributed by atoms with Gasteiger partial charge in [-0.15, -0.1) is 0 Å². The van der Waals surface area contributed by atoms with Gasteiger partial charge in [0.1, 0.15) is 5.70 Å². The average Bonchev–Trinajstić information content (AvgIpc) is 2.99. The van der Waals surface area contributed by atoms with E-state index in [0.29, 0.717) is 12.2 Å². The average molecular weight is 302 g/mol. The Morgan fingerprint density at radius 3 is 2.95 bits per heavy atom. The third-order valence-electron chi connectivity index (χ3n) is 3.14. The fourth-order valence-corrected chi connectivity index (χ4v) is 2.03. The Kier molecular flexibility index (Phi) is 5.07. The molecule has 0 spiro atoms. The number of aryl methyl sites for hydroxylation is 1. The molecule has 0 amide bonds. The van der Waals surface area contributed by atoms with Crippen LogP contribution in [0.4, 0.5) is 0 Å². The second kappa shape index (κ2) is 7.21. The van der Waals surface area contributed by atoms with E-state index < -0.39 is 4.92 Å². The van der Waals surface area contributed by atoms with Gasteiger partial charge in [-0.25, -0.2) is 4.98 Å². The summed E-state index contributed by atoms with van der Waals surface area (Å²) in [4.78, 5) is 20.5. The van der Waals surface area contributed by atoms with Gasteiger partial charge in [-0.05, 0) is 18.6 Å². The number of nitrogens with two attached hydrogens (primary N) is 1. The summed E-state index contributed by atoms with van der Waals surface area (Å²) in [5.74, 6) is -0.0579. The molecule has 1 aromatic rings. The molecule has 0 atom stereocenters. The number of nitrogens with zero attached hydrogens (tertiary/aromatic N) is 5. The predicted molar refractivity (Wildman–Crippen MR) is 83.4 cm³/mol. The first-order valence-corrected chi connectivity index (χ1v) is 6.82. The molecule has 1 aromatic heterocycles. The Hall–Kier alpha value is -2.90. The fraction of sp³-hybridized carbons (Fsp3) is 0.286. The molecule has 1 aliphatic heterocycles. The maximum absolute atomic E-state index is 11.3. The van der Waals surface area contributed by atoms with Crippen molar-refractivity contribution in [2.45, 2.75) is 13.0 Å². The molecule has 2 heterocycles. The third-order valence-corrected chi connectivity index (χ3v) is 3.14. The maximum Gasteiger partial charge on any atom is 0.334 e. The zero-order valence-corrected chi connectivity index (χ0v) is 12.3. The summed E-state index contributed by atoms with van der Waals surface area (Å²) in [6.07, 6.45) is 12.9. The van der Waals surface area contributed by atoms with Gasteiger partial charge in [0.2, 0.25) is 5.84 Å². The number of amidine groups is 1. The Morgan fingerprint density at radius 1 is 1.50 bits per heavy atom. The van der Waals surface area contributed by atoms with Crippen LogP contribution in [0, 0.1) is 10.1 Å². The lowest BCUT2D eigenvalue weighted by atomic mass is 10.2. The van der Waals surface area contributed by atoms with Crippen LogP contribution in [0.5, 0.6) is 0 Å². The highest BCUT2D eigenvalue weighted by Gasteiger charge is 2.24. The lowest BCUT2D eigenvalue weighted by Gasteiger charge is -2.17. The van der Waals surface area contributed by atoms with E-state index >= 15 is 0 Å². The maximum atomic E-state index is 11.3. The van der Waals surface area contributed by atoms with Crippen LogP contribution in [0.1, 0.15) is 6.42 Å². The molecule has 0 saturated heterocycles. The monoisotopic (exact) mass is 302 g/mol. The number of nitro groups is 1. The van der Waals surface area contributed by atoms with Crippen LogP contribution in [0.3, 0.4) is 0 Å². The van der Waals surface area contributed by atoms with E-state index in [4.69, 9.17) is 5.73 Å². The van der Waals surface area contributed by atoms with Crippen LogP contribution in [0.15, 0.2) is 59.5 Å². The molecule has 0 aliphatic carbocycles. The molecular formula is C14H18N6O2. The summed E-state index contributed by atoms with van der Waals surface area (Å²) in [5.41, 5.74) is 6.06. The van der Waals surface area contributed by atoms with Gasteiger partial charge in [-0.1, -0.05) is 6.08 Å². The summed E-state index contributed by atoms with van der Waals surface area (Å²) >= 11 is 0. The molecule has 0 bridgehead atoms. The van der Waals surface area contributed by atoms with Gasteiger partial charge in [0.25, 0.3) is 0 Å². The molecule has 0 saturated carbocycles. The van der Waals surface area contributed by atoms with E-state index in [9.17, 15) is 10.1 Å². The van der Waals surface area contributed by atoms with Gasteiger partial charge < -0.3 is 15.2 Å². The molecule has 0 radical (unpaired) electrons. The number of hydrogen-bond acceptors (Lipinski definition) is 5. The van der Waals surface area contributed by atoms with Gasteiger partial charge in [0.15, 0.2) is 0 Å². The number of allylic oxidation sites excluding steroid dienone is 3. The lowest BCUT2D eigenvalue weighted by molar-refractivity contribution is -0.416. The summed E-state index contributed by atoms with van der Waals surface area (Å²) < 4.78 is 1.92. The second-order valence-electron chi connectivity index (χ2n) is 4.72. The molecule has 0 aromatic carbocycles. The molecule has 8 nitrogen and oxygen atoms in total. The van der Waals surface area contributed by atoms with Crippen LogP contribution in [0.2, 0.25) is 0 Å². The minimum atomic E-state index is -0.496. The minimum Gasteiger partial charge on any atom is -0.378 e. The predicted octanol–water partition coefficient (Wildman–Crippen LogP) is 1.13. The normalized spacial score (nSPS) is 17.0. The summed E-state index contributed by atoms with van der Waals surface area (Å²) in [6, 6.07) is 0. The van der Waals surface area contributed by atoms with Crippen molar-refractivity contribution in [2.24, 2.45) is 10.7 Å². The number of hydrogen-bond donors (Lipinski definition) is 1. The van der Waals surface area contributed by atoms with Gasteiger partial charge in [-0.2, -0.15) is 0 Å². The van der Waals surface area contributed by atoms with Gasteiger partial charge >= 0.3 is 5.70 Å². The van der Waals surface area contributed by atoms with E-state index in [1.54, 1.807) is 48.9 Å². The zero-order chi connectivity index (χ0) is 15.9. The lowest BCUT2D eigenvalue weighted by Crippen LogP contribution is -2.27. The van der Waals surface area contributed by atoms with Crippen LogP contribution in [-0.2, 0) is 6.54 Å². The van der Waals surface area contributed by atoms with Crippen molar-refractivity contribution in [1.82, 2.24) is 14.5 Å². The summed E-state index contributed by atoms with van der Waals surface area (Å²) in [6.45, 7) is 1.15. The van der Waals surface area contributed by atoms with Crippen molar-refractivity contribution in [1.29, 1.82) is 0 Å². The van der Waals surface area contributed by atoms with Gasteiger partial charge in [0.05, 0.1) is 11.3 Å². The molecule has 22 heavy (non-hydrogen) atoms. The highest BCUT2D eigenvalue weighted by molar-refractivity contribution is 5.95. The Morgan fingerprint density at radius 2 is 2.32 bits per heavy atom. The van der Waals surface area contributed by atoms with E-state index in [-0.39, 0.29) is 11.5 Å². The van der Waals surface area contributed by atoms with Crippen molar-refractivity contribution >= 4 is 5.84 Å². The fourth-order valence-electron chi connectivity index (χ4n) is 2.03. The standard InChI is InChI=1S/C14H18N6O2/c1-18-8-3-2-5-12(18)13(20(21)22)14(15)17-6-4-9-19-10-7-16-11-19/h2-3,5,7-8,10-11H,4,6,9H2,1H3,(H2,15,17)/b13-12+. The Labute approximate surface area is 128 Å².